The topological polar surface area (TPSA) is 70.7 Å². The van der Waals surface area contributed by atoms with Crippen LogP contribution in [0.25, 0.3) is 0 Å². The summed E-state index contributed by atoms with van der Waals surface area (Å²) < 4.78 is 0. The van der Waals surface area contributed by atoms with E-state index in [0.717, 1.165) is 17.0 Å². The van der Waals surface area contributed by atoms with E-state index >= 15 is 0 Å². The van der Waals surface area contributed by atoms with Gasteiger partial charge in [-0.1, -0.05) is 6.07 Å². The molecule has 2 rings (SSSR count). The summed E-state index contributed by atoms with van der Waals surface area (Å²) in [7, 11) is 0. The number of aromatic nitrogens is 3. The molecule has 0 spiro atoms. The molecule has 0 aliphatic heterocycles. The molecule has 2 aromatic rings. The molecule has 88 valence electrons. The predicted octanol–water partition coefficient (Wildman–Crippen LogP) is 1.35. The molecule has 5 heteroatoms. The van der Waals surface area contributed by atoms with Crippen LogP contribution in [-0.4, -0.2) is 21.1 Å². The van der Waals surface area contributed by atoms with Crippen LogP contribution in [0.5, 0.6) is 0 Å². The number of pyridine rings is 1. The molecule has 5 nitrogen and oxygen atoms in total. The van der Waals surface area contributed by atoms with E-state index < -0.39 is 0 Å². The quantitative estimate of drug-likeness (QED) is 0.836. The Morgan fingerprint density at radius 3 is 2.82 bits per heavy atom. The number of aromatic amines is 1. The summed E-state index contributed by atoms with van der Waals surface area (Å²) in [5.41, 5.74) is 3.06. The minimum Gasteiger partial charge on any atom is -0.345 e. The lowest BCUT2D eigenvalue weighted by Crippen LogP contribution is -2.24. The van der Waals surface area contributed by atoms with Crippen molar-refractivity contribution in [1.29, 1.82) is 0 Å². The molecule has 2 aromatic heterocycles. The lowest BCUT2D eigenvalue weighted by molar-refractivity contribution is 0.0945. The largest absolute Gasteiger partial charge is 0.345 e. The number of nitrogens with one attached hydrogen (secondary N) is 2. The Morgan fingerprint density at radius 2 is 2.24 bits per heavy atom. The highest BCUT2D eigenvalue weighted by Gasteiger charge is 2.13. The Morgan fingerprint density at radius 1 is 1.41 bits per heavy atom. The van der Waals surface area contributed by atoms with E-state index in [9.17, 15) is 4.79 Å². The average molecular weight is 230 g/mol. The maximum atomic E-state index is 11.8. The molecule has 0 aromatic carbocycles. The average Bonchev–Trinajstić information content (AvgIpc) is 2.69. The summed E-state index contributed by atoms with van der Waals surface area (Å²) in [6.07, 6.45) is 1.70. The predicted molar refractivity (Wildman–Crippen MR) is 63.5 cm³/mol. The van der Waals surface area contributed by atoms with E-state index in [0.29, 0.717) is 12.2 Å². The third-order valence-corrected chi connectivity index (χ3v) is 2.62. The number of amides is 1. The van der Waals surface area contributed by atoms with Gasteiger partial charge in [-0.05, 0) is 26.0 Å². The summed E-state index contributed by atoms with van der Waals surface area (Å²) in [6.45, 7) is 4.16. The highest BCUT2D eigenvalue weighted by molar-refractivity contribution is 5.93. The second kappa shape index (κ2) is 4.78. The number of H-pyrrole nitrogens is 1. The van der Waals surface area contributed by atoms with E-state index in [1.807, 2.05) is 32.0 Å². The van der Waals surface area contributed by atoms with Crippen LogP contribution in [0.3, 0.4) is 0 Å². The first-order chi connectivity index (χ1) is 8.18. The Bertz CT molecular complexity index is 519. The lowest BCUT2D eigenvalue weighted by Gasteiger charge is -2.03. The van der Waals surface area contributed by atoms with Gasteiger partial charge < -0.3 is 5.32 Å². The van der Waals surface area contributed by atoms with Gasteiger partial charge in [0.25, 0.3) is 5.91 Å². The number of nitrogens with zero attached hydrogens (tertiary/aromatic N) is 2. The molecule has 0 saturated carbocycles. The van der Waals surface area contributed by atoms with Crippen LogP contribution in [0.1, 0.15) is 27.4 Å². The third kappa shape index (κ3) is 2.50. The normalized spacial score (nSPS) is 10.2. The first-order valence-electron chi connectivity index (χ1n) is 5.38. The fraction of sp³-hybridized carbons (Fsp3) is 0.250. The van der Waals surface area contributed by atoms with Crippen molar-refractivity contribution in [2.24, 2.45) is 0 Å². The maximum Gasteiger partial charge on any atom is 0.272 e. The van der Waals surface area contributed by atoms with Crippen molar-refractivity contribution in [3.8, 4) is 0 Å². The third-order valence-electron chi connectivity index (χ3n) is 2.62. The molecule has 0 atom stereocenters. The molecule has 2 N–H and O–H groups in total. The second-order valence-corrected chi connectivity index (χ2v) is 3.83. The van der Waals surface area contributed by atoms with Crippen LogP contribution in [-0.2, 0) is 6.54 Å². The van der Waals surface area contributed by atoms with Crippen molar-refractivity contribution in [3.05, 3.63) is 47.0 Å². The van der Waals surface area contributed by atoms with E-state index in [-0.39, 0.29) is 5.91 Å². The molecule has 0 unspecified atom stereocenters. The molecule has 0 radical (unpaired) electrons. The number of rotatable bonds is 3. The number of hydrogen-bond acceptors (Lipinski definition) is 3. The molecule has 0 saturated heterocycles. The van der Waals surface area contributed by atoms with Gasteiger partial charge >= 0.3 is 0 Å². The van der Waals surface area contributed by atoms with E-state index in [2.05, 4.69) is 20.5 Å². The number of hydrogen-bond donors (Lipinski definition) is 2. The van der Waals surface area contributed by atoms with Crippen molar-refractivity contribution in [1.82, 2.24) is 20.5 Å². The maximum absolute atomic E-state index is 11.8. The minimum atomic E-state index is -0.183. The number of carbonyl (C=O) groups excluding carboxylic acids is 1. The molecule has 17 heavy (non-hydrogen) atoms. The summed E-state index contributed by atoms with van der Waals surface area (Å²) >= 11 is 0. The molecular formula is C12H14N4O. The van der Waals surface area contributed by atoms with Gasteiger partial charge in [-0.15, -0.1) is 0 Å². The summed E-state index contributed by atoms with van der Waals surface area (Å²) in [5, 5.41) is 9.55. The Labute approximate surface area is 99.3 Å². The lowest BCUT2D eigenvalue weighted by atomic mass is 10.2. The van der Waals surface area contributed by atoms with Crippen molar-refractivity contribution in [2.45, 2.75) is 20.4 Å². The van der Waals surface area contributed by atoms with Crippen LogP contribution in [0.4, 0.5) is 0 Å². The summed E-state index contributed by atoms with van der Waals surface area (Å²) in [5.74, 6) is -0.183. The van der Waals surface area contributed by atoms with Crippen LogP contribution in [0.2, 0.25) is 0 Å². The molecule has 0 aliphatic carbocycles. The SMILES string of the molecule is Cc1[nH]nc(C(=O)NCc2ccccn2)c1C. The van der Waals surface area contributed by atoms with Crippen LogP contribution < -0.4 is 5.32 Å². The fourth-order valence-corrected chi connectivity index (χ4v) is 1.46. The molecule has 2 heterocycles. The zero-order chi connectivity index (χ0) is 12.3. The van der Waals surface area contributed by atoms with Gasteiger partial charge in [0.05, 0.1) is 12.2 Å². The number of aryl methyl sites for hydroxylation is 1. The van der Waals surface area contributed by atoms with Gasteiger partial charge in [0.2, 0.25) is 0 Å². The van der Waals surface area contributed by atoms with Crippen molar-refractivity contribution in [3.63, 3.8) is 0 Å². The van der Waals surface area contributed by atoms with E-state index in [1.54, 1.807) is 6.20 Å². The Hall–Kier alpha value is -2.17. The zero-order valence-corrected chi connectivity index (χ0v) is 9.82. The highest BCUT2D eigenvalue weighted by Crippen LogP contribution is 2.08. The first kappa shape index (κ1) is 11.3. The highest BCUT2D eigenvalue weighted by atomic mass is 16.1. The van der Waals surface area contributed by atoms with Gasteiger partial charge in [0.1, 0.15) is 0 Å². The Kier molecular flexibility index (Phi) is 3.18. The molecule has 0 fully saturated rings. The van der Waals surface area contributed by atoms with Gasteiger partial charge in [-0.3, -0.25) is 14.9 Å². The number of carbonyl (C=O) groups is 1. The van der Waals surface area contributed by atoms with Gasteiger partial charge in [0.15, 0.2) is 5.69 Å². The van der Waals surface area contributed by atoms with Crippen LogP contribution >= 0.6 is 0 Å². The van der Waals surface area contributed by atoms with Crippen molar-refractivity contribution >= 4 is 5.91 Å². The minimum absolute atomic E-state index is 0.183. The van der Waals surface area contributed by atoms with Crippen LogP contribution in [0, 0.1) is 13.8 Å². The first-order valence-corrected chi connectivity index (χ1v) is 5.38. The van der Waals surface area contributed by atoms with Gasteiger partial charge in [-0.25, -0.2) is 0 Å². The fourth-order valence-electron chi connectivity index (χ4n) is 1.46. The molecule has 1 amide bonds. The summed E-state index contributed by atoms with van der Waals surface area (Å²) in [4.78, 5) is 16.0. The van der Waals surface area contributed by atoms with E-state index in [1.165, 1.54) is 0 Å². The smallest absolute Gasteiger partial charge is 0.272 e. The molecular weight excluding hydrogens is 216 g/mol. The zero-order valence-electron chi connectivity index (χ0n) is 9.82. The summed E-state index contributed by atoms with van der Waals surface area (Å²) in [6, 6.07) is 5.59. The molecule has 0 bridgehead atoms. The van der Waals surface area contributed by atoms with Gasteiger partial charge in [-0.2, -0.15) is 5.10 Å². The second-order valence-electron chi connectivity index (χ2n) is 3.83. The van der Waals surface area contributed by atoms with Gasteiger partial charge in [0, 0.05) is 17.5 Å². The molecule has 0 aliphatic rings. The van der Waals surface area contributed by atoms with Crippen LogP contribution in [0.15, 0.2) is 24.4 Å². The standard InChI is InChI=1S/C12H14N4O/c1-8-9(2)15-16-11(8)12(17)14-7-10-5-3-4-6-13-10/h3-6H,7H2,1-2H3,(H,14,17)(H,15,16). The van der Waals surface area contributed by atoms with Crippen molar-refractivity contribution < 1.29 is 4.79 Å². The Balaban J connectivity index is 2.01. The monoisotopic (exact) mass is 230 g/mol. The van der Waals surface area contributed by atoms with E-state index in [4.69, 9.17) is 0 Å². The van der Waals surface area contributed by atoms with Crippen molar-refractivity contribution in [2.75, 3.05) is 0 Å².